The van der Waals surface area contributed by atoms with E-state index in [0.717, 1.165) is 10.2 Å². The molecule has 0 bridgehead atoms. The Kier molecular flexibility index (Phi) is 4.86. The van der Waals surface area contributed by atoms with Gasteiger partial charge in [-0.1, -0.05) is 0 Å². The second kappa shape index (κ2) is 6.63. The van der Waals surface area contributed by atoms with Gasteiger partial charge in [-0.15, -0.1) is 11.3 Å². The van der Waals surface area contributed by atoms with Crippen molar-refractivity contribution in [3.05, 3.63) is 38.9 Å². The standard InChI is InChI=1S/C12H13BrN4OS/c1-14-11-7-15-6-9(17-11)12(18)16-5-4-8-2-3-10(13)19-8/h2-3,6-7H,4-5H2,1H3,(H,14,17)(H,16,18). The molecule has 1 amide bonds. The lowest BCUT2D eigenvalue weighted by atomic mass is 10.3. The van der Waals surface area contributed by atoms with Crippen LogP contribution in [-0.2, 0) is 6.42 Å². The highest BCUT2D eigenvalue weighted by Gasteiger charge is 2.08. The third kappa shape index (κ3) is 4.00. The average Bonchev–Trinajstić information content (AvgIpc) is 2.84. The Morgan fingerprint density at radius 1 is 1.42 bits per heavy atom. The van der Waals surface area contributed by atoms with Crippen molar-refractivity contribution < 1.29 is 4.79 Å². The van der Waals surface area contributed by atoms with Crippen LogP contribution in [0.2, 0.25) is 0 Å². The van der Waals surface area contributed by atoms with Gasteiger partial charge < -0.3 is 10.6 Å². The van der Waals surface area contributed by atoms with Gasteiger partial charge in [-0.2, -0.15) is 0 Å². The van der Waals surface area contributed by atoms with Gasteiger partial charge in [0.15, 0.2) is 0 Å². The molecule has 0 aliphatic carbocycles. The summed E-state index contributed by atoms with van der Waals surface area (Å²) in [6.45, 7) is 0.581. The minimum atomic E-state index is -0.208. The molecule has 2 rings (SSSR count). The van der Waals surface area contributed by atoms with Crippen LogP contribution in [0.5, 0.6) is 0 Å². The van der Waals surface area contributed by atoms with E-state index in [1.54, 1.807) is 24.6 Å². The Bertz CT molecular complexity index is 572. The van der Waals surface area contributed by atoms with Crippen LogP contribution in [0, 0.1) is 0 Å². The summed E-state index contributed by atoms with van der Waals surface area (Å²) in [5.41, 5.74) is 0.319. The number of thiophene rings is 1. The summed E-state index contributed by atoms with van der Waals surface area (Å²) < 4.78 is 1.10. The van der Waals surface area contributed by atoms with Crippen LogP contribution >= 0.6 is 27.3 Å². The number of halogens is 1. The van der Waals surface area contributed by atoms with Crippen LogP contribution in [-0.4, -0.2) is 29.5 Å². The van der Waals surface area contributed by atoms with E-state index in [2.05, 4.69) is 36.5 Å². The molecule has 2 heterocycles. The van der Waals surface area contributed by atoms with Crippen molar-refractivity contribution >= 4 is 39.0 Å². The second-order valence-corrected chi connectivity index (χ2v) is 6.30. The Labute approximate surface area is 123 Å². The van der Waals surface area contributed by atoms with Gasteiger partial charge in [0.25, 0.3) is 5.91 Å². The summed E-state index contributed by atoms with van der Waals surface area (Å²) in [6.07, 6.45) is 3.83. The molecule has 0 aliphatic rings. The molecule has 2 aromatic heterocycles. The molecule has 0 atom stereocenters. The Hall–Kier alpha value is -1.47. The van der Waals surface area contributed by atoms with Crippen molar-refractivity contribution in [2.45, 2.75) is 6.42 Å². The van der Waals surface area contributed by atoms with Gasteiger partial charge in [-0.3, -0.25) is 9.78 Å². The second-order valence-electron chi connectivity index (χ2n) is 3.75. The van der Waals surface area contributed by atoms with Gasteiger partial charge in [0.1, 0.15) is 11.5 Å². The molecule has 0 saturated carbocycles. The van der Waals surface area contributed by atoms with E-state index in [-0.39, 0.29) is 5.91 Å². The summed E-state index contributed by atoms with van der Waals surface area (Å²) in [4.78, 5) is 21.2. The van der Waals surface area contributed by atoms with E-state index in [0.29, 0.717) is 18.1 Å². The zero-order valence-corrected chi connectivity index (χ0v) is 12.7. The summed E-state index contributed by atoms with van der Waals surface area (Å²) in [5.74, 6) is 0.370. The molecule has 7 heteroatoms. The number of hydrogen-bond acceptors (Lipinski definition) is 5. The highest BCUT2D eigenvalue weighted by atomic mass is 79.9. The molecule has 0 fully saturated rings. The summed E-state index contributed by atoms with van der Waals surface area (Å²) in [7, 11) is 1.74. The van der Waals surface area contributed by atoms with Crippen LogP contribution in [0.3, 0.4) is 0 Å². The number of carbonyl (C=O) groups excluding carboxylic acids is 1. The predicted molar refractivity (Wildman–Crippen MR) is 79.6 cm³/mol. The van der Waals surface area contributed by atoms with Crippen molar-refractivity contribution in [1.82, 2.24) is 15.3 Å². The number of nitrogens with zero attached hydrogens (tertiary/aromatic N) is 2. The van der Waals surface area contributed by atoms with E-state index in [4.69, 9.17) is 0 Å². The molecule has 100 valence electrons. The van der Waals surface area contributed by atoms with E-state index in [1.165, 1.54) is 11.1 Å². The van der Waals surface area contributed by atoms with Crippen LogP contribution in [0.25, 0.3) is 0 Å². The fourth-order valence-corrected chi connectivity index (χ4v) is 2.95. The molecule has 0 unspecified atom stereocenters. The molecule has 2 N–H and O–H groups in total. The van der Waals surface area contributed by atoms with E-state index < -0.39 is 0 Å². The van der Waals surface area contributed by atoms with E-state index in [1.807, 2.05) is 12.1 Å². The zero-order chi connectivity index (χ0) is 13.7. The lowest BCUT2D eigenvalue weighted by Gasteiger charge is -2.04. The Morgan fingerprint density at radius 2 is 2.26 bits per heavy atom. The first-order valence-electron chi connectivity index (χ1n) is 5.71. The Morgan fingerprint density at radius 3 is 2.95 bits per heavy atom. The third-order valence-electron chi connectivity index (χ3n) is 2.41. The summed E-state index contributed by atoms with van der Waals surface area (Å²) >= 11 is 5.08. The molecule has 19 heavy (non-hydrogen) atoms. The number of hydrogen-bond donors (Lipinski definition) is 2. The van der Waals surface area contributed by atoms with Gasteiger partial charge in [0.2, 0.25) is 0 Å². The molecule has 0 radical (unpaired) electrons. The fourth-order valence-electron chi connectivity index (χ4n) is 1.47. The number of amides is 1. The molecule has 0 aliphatic heterocycles. The first-order chi connectivity index (χ1) is 9.19. The maximum atomic E-state index is 11.9. The number of anilines is 1. The number of nitrogens with one attached hydrogen (secondary N) is 2. The molecule has 0 saturated heterocycles. The minimum Gasteiger partial charge on any atom is -0.372 e. The highest BCUT2D eigenvalue weighted by molar-refractivity contribution is 9.11. The predicted octanol–water partition coefficient (Wildman–Crippen LogP) is 2.31. The molecular formula is C12H13BrN4OS. The molecule has 0 aromatic carbocycles. The lowest BCUT2D eigenvalue weighted by Crippen LogP contribution is -2.26. The third-order valence-corrected chi connectivity index (χ3v) is 4.09. The lowest BCUT2D eigenvalue weighted by molar-refractivity contribution is 0.0949. The quantitative estimate of drug-likeness (QED) is 0.876. The van der Waals surface area contributed by atoms with Crippen molar-refractivity contribution in [1.29, 1.82) is 0 Å². The first kappa shape index (κ1) is 14.0. The van der Waals surface area contributed by atoms with Gasteiger partial charge in [0.05, 0.1) is 16.2 Å². The number of carbonyl (C=O) groups is 1. The summed E-state index contributed by atoms with van der Waals surface area (Å²) in [6, 6.07) is 4.05. The zero-order valence-electron chi connectivity index (χ0n) is 10.3. The smallest absolute Gasteiger partial charge is 0.271 e. The number of rotatable bonds is 5. The van der Waals surface area contributed by atoms with E-state index in [9.17, 15) is 4.79 Å². The monoisotopic (exact) mass is 340 g/mol. The number of aromatic nitrogens is 2. The van der Waals surface area contributed by atoms with Gasteiger partial charge in [-0.05, 0) is 34.5 Å². The van der Waals surface area contributed by atoms with Crippen molar-refractivity contribution in [3.63, 3.8) is 0 Å². The summed E-state index contributed by atoms with van der Waals surface area (Å²) in [5, 5.41) is 5.68. The maximum Gasteiger partial charge on any atom is 0.271 e. The molecule has 2 aromatic rings. The van der Waals surface area contributed by atoms with Crippen molar-refractivity contribution in [2.75, 3.05) is 18.9 Å². The normalized spacial score (nSPS) is 10.2. The highest BCUT2D eigenvalue weighted by Crippen LogP contribution is 2.22. The molecular weight excluding hydrogens is 328 g/mol. The van der Waals surface area contributed by atoms with Crippen LogP contribution in [0.15, 0.2) is 28.3 Å². The van der Waals surface area contributed by atoms with E-state index >= 15 is 0 Å². The van der Waals surface area contributed by atoms with Gasteiger partial charge in [0, 0.05) is 18.5 Å². The van der Waals surface area contributed by atoms with Crippen LogP contribution in [0.1, 0.15) is 15.4 Å². The fraction of sp³-hybridized carbons (Fsp3) is 0.250. The Balaban J connectivity index is 1.87. The van der Waals surface area contributed by atoms with Crippen LogP contribution in [0.4, 0.5) is 5.82 Å². The van der Waals surface area contributed by atoms with Gasteiger partial charge >= 0.3 is 0 Å². The topological polar surface area (TPSA) is 66.9 Å². The van der Waals surface area contributed by atoms with Crippen molar-refractivity contribution in [2.24, 2.45) is 0 Å². The molecule has 0 spiro atoms. The average molecular weight is 341 g/mol. The maximum absolute atomic E-state index is 11.9. The van der Waals surface area contributed by atoms with Crippen LogP contribution < -0.4 is 10.6 Å². The minimum absolute atomic E-state index is 0.208. The van der Waals surface area contributed by atoms with Gasteiger partial charge in [-0.25, -0.2) is 4.98 Å². The molecule has 5 nitrogen and oxygen atoms in total. The largest absolute Gasteiger partial charge is 0.372 e. The first-order valence-corrected chi connectivity index (χ1v) is 7.32. The SMILES string of the molecule is CNc1cncc(C(=O)NCCc2ccc(Br)s2)n1. The van der Waals surface area contributed by atoms with Crippen molar-refractivity contribution in [3.8, 4) is 0 Å².